The van der Waals surface area contributed by atoms with Crippen LogP contribution in [0.2, 0.25) is 0 Å². The number of hydrogen-bond donors (Lipinski definition) is 2. The van der Waals surface area contributed by atoms with Gasteiger partial charge in [-0.2, -0.15) is 0 Å². The maximum absolute atomic E-state index is 11.4. The number of ether oxygens (including phenoxy) is 2. The highest BCUT2D eigenvalue weighted by Crippen LogP contribution is 2.21. The summed E-state index contributed by atoms with van der Waals surface area (Å²) in [5, 5.41) is 5.54. The van der Waals surface area contributed by atoms with Gasteiger partial charge in [-0.05, 0) is 37.7 Å². The average Bonchev–Trinajstić information content (AvgIpc) is 2.39. The summed E-state index contributed by atoms with van der Waals surface area (Å²) >= 11 is 0. The van der Waals surface area contributed by atoms with E-state index in [-0.39, 0.29) is 31.5 Å². The summed E-state index contributed by atoms with van der Waals surface area (Å²) < 4.78 is 9.72. The predicted octanol–water partition coefficient (Wildman–Crippen LogP) is 1.13. The molecule has 112 valence electrons. The van der Waals surface area contributed by atoms with Gasteiger partial charge in [0.15, 0.2) is 6.61 Å². The Morgan fingerprint density at radius 1 is 1.30 bits per heavy atom. The van der Waals surface area contributed by atoms with Crippen molar-refractivity contribution in [3.05, 3.63) is 23.8 Å². The molecule has 0 bridgehead atoms. The maximum Gasteiger partial charge on any atom is 0.343 e. The lowest BCUT2D eigenvalue weighted by Gasteiger charge is -2.10. The minimum absolute atomic E-state index is 0. The van der Waals surface area contributed by atoms with Crippen LogP contribution in [0.1, 0.15) is 5.56 Å². The van der Waals surface area contributed by atoms with Crippen LogP contribution in [0.15, 0.2) is 18.2 Å². The molecule has 0 radical (unpaired) electrons. The number of hydrogen-bond acceptors (Lipinski definition) is 5. The van der Waals surface area contributed by atoms with Crippen molar-refractivity contribution in [1.82, 2.24) is 5.32 Å². The molecule has 0 saturated carbocycles. The van der Waals surface area contributed by atoms with E-state index in [1.807, 2.05) is 6.92 Å². The molecule has 0 aliphatic heterocycles. The molecular weight excluding hydrogens is 284 g/mol. The van der Waals surface area contributed by atoms with Crippen LogP contribution in [0.4, 0.5) is 5.69 Å². The molecule has 1 rings (SSSR count). The van der Waals surface area contributed by atoms with Crippen LogP contribution in [-0.2, 0) is 14.3 Å². The summed E-state index contributed by atoms with van der Waals surface area (Å²) in [4.78, 5) is 22.4. The Labute approximate surface area is 124 Å². The molecular formula is C13H19ClN2O4. The summed E-state index contributed by atoms with van der Waals surface area (Å²) in [6.07, 6.45) is 0. The largest absolute Gasteiger partial charge is 0.482 e. The van der Waals surface area contributed by atoms with Gasteiger partial charge in [-0.3, -0.25) is 4.79 Å². The average molecular weight is 303 g/mol. The maximum atomic E-state index is 11.4. The van der Waals surface area contributed by atoms with Crippen molar-refractivity contribution in [2.24, 2.45) is 0 Å². The number of aryl methyl sites for hydroxylation is 1. The molecule has 0 aromatic heterocycles. The minimum Gasteiger partial charge on any atom is -0.482 e. The number of methoxy groups -OCH3 is 1. The Hall–Kier alpha value is -1.79. The molecule has 0 unspecified atom stereocenters. The van der Waals surface area contributed by atoms with Crippen LogP contribution < -0.4 is 15.4 Å². The van der Waals surface area contributed by atoms with E-state index in [0.717, 1.165) is 5.56 Å². The zero-order valence-corrected chi connectivity index (χ0v) is 12.5. The third kappa shape index (κ3) is 5.90. The first-order valence-electron chi connectivity index (χ1n) is 5.81. The molecule has 0 aliphatic rings. The van der Waals surface area contributed by atoms with E-state index in [1.165, 1.54) is 7.11 Å². The number of halogens is 1. The van der Waals surface area contributed by atoms with Crippen LogP contribution in [0, 0.1) is 6.92 Å². The number of carbonyl (C=O) groups is 2. The summed E-state index contributed by atoms with van der Waals surface area (Å²) in [5.41, 5.74) is 1.57. The normalized spacial score (nSPS) is 9.35. The van der Waals surface area contributed by atoms with E-state index in [1.54, 1.807) is 25.2 Å². The van der Waals surface area contributed by atoms with E-state index in [4.69, 9.17) is 4.74 Å². The van der Waals surface area contributed by atoms with Gasteiger partial charge in [0.2, 0.25) is 5.91 Å². The van der Waals surface area contributed by atoms with Gasteiger partial charge in [0.1, 0.15) is 5.75 Å². The van der Waals surface area contributed by atoms with Gasteiger partial charge in [0.05, 0.1) is 13.7 Å². The van der Waals surface area contributed by atoms with Crippen LogP contribution in [0.3, 0.4) is 0 Å². The van der Waals surface area contributed by atoms with Crippen molar-refractivity contribution >= 4 is 30.0 Å². The second kappa shape index (κ2) is 9.17. The lowest BCUT2D eigenvalue weighted by atomic mass is 10.2. The first kappa shape index (κ1) is 18.2. The number of nitrogens with one attached hydrogen (secondary N) is 2. The van der Waals surface area contributed by atoms with E-state index in [9.17, 15) is 9.59 Å². The molecule has 6 nitrogen and oxygen atoms in total. The molecule has 0 fully saturated rings. The second-order valence-electron chi connectivity index (χ2n) is 3.92. The molecule has 0 saturated heterocycles. The van der Waals surface area contributed by atoms with Crippen molar-refractivity contribution in [3.8, 4) is 5.75 Å². The van der Waals surface area contributed by atoms with E-state index in [2.05, 4.69) is 15.4 Å². The lowest BCUT2D eigenvalue weighted by Crippen LogP contribution is -2.25. The number of rotatable bonds is 6. The van der Waals surface area contributed by atoms with Crippen LogP contribution in [0.5, 0.6) is 5.75 Å². The Morgan fingerprint density at radius 2 is 2.00 bits per heavy atom. The molecule has 7 heteroatoms. The zero-order chi connectivity index (χ0) is 14.3. The number of carbonyl (C=O) groups excluding carboxylic acids is 2. The fourth-order valence-electron chi connectivity index (χ4n) is 1.42. The molecule has 2 N–H and O–H groups in total. The van der Waals surface area contributed by atoms with Gasteiger partial charge < -0.3 is 20.1 Å². The van der Waals surface area contributed by atoms with E-state index in [0.29, 0.717) is 11.4 Å². The van der Waals surface area contributed by atoms with Gasteiger partial charge in [-0.1, -0.05) is 0 Å². The Morgan fingerprint density at radius 3 is 2.55 bits per heavy atom. The first-order chi connectivity index (χ1) is 9.06. The van der Waals surface area contributed by atoms with Crippen LogP contribution in [0.25, 0.3) is 0 Å². The van der Waals surface area contributed by atoms with Crippen LogP contribution >= 0.6 is 12.4 Å². The Kier molecular flexibility index (Phi) is 8.35. The number of likely N-dealkylation sites (N-methyl/N-ethyl adjacent to an activating group) is 1. The molecule has 0 aliphatic carbocycles. The van der Waals surface area contributed by atoms with Gasteiger partial charge in [-0.15, -0.1) is 12.4 Å². The van der Waals surface area contributed by atoms with Gasteiger partial charge in [0.25, 0.3) is 0 Å². The fourth-order valence-corrected chi connectivity index (χ4v) is 1.42. The third-order valence-electron chi connectivity index (χ3n) is 2.39. The second-order valence-corrected chi connectivity index (χ2v) is 3.92. The highest BCUT2D eigenvalue weighted by molar-refractivity contribution is 5.93. The smallest absolute Gasteiger partial charge is 0.343 e. The molecule has 1 amide bonds. The van der Waals surface area contributed by atoms with Gasteiger partial charge in [-0.25, -0.2) is 4.79 Å². The standard InChI is InChI=1S/C13H18N2O4.ClH/c1-9-6-10(19-8-13(17)18-3)4-5-11(9)15-12(16)7-14-2;/h4-6,14H,7-8H2,1-3H3,(H,15,16);1H. The fraction of sp³-hybridized carbons (Fsp3) is 0.385. The van der Waals surface area contributed by atoms with Crippen LogP contribution in [-0.4, -0.2) is 39.2 Å². The van der Waals surface area contributed by atoms with Crippen molar-refractivity contribution < 1.29 is 19.1 Å². The third-order valence-corrected chi connectivity index (χ3v) is 2.39. The molecule has 20 heavy (non-hydrogen) atoms. The van der Waals surface area contributed by atoms with E-state index >= 15 is 0 Å². The summed E-state index contributed by atoms with van der Waals surface area (Å²) in [5.74, 6) is -0.00704. The van der Waals surface area contributed by atoms with Crippen molar-refractivity contribution in [2.45, 2.75) is 6.92 Å². The molecule has 0 spiro atoms. The molecule has 1 aromatic carbocycles. The minimum atomic E-state index is -0.441. The summed E-state index contributed by atoms with van der Waals surface area (Å²) in [7, 11) is 3.01. The Bertz CT molecular complexity index is 466. The molecule has 0 atom stereocenters. The Balaban J connectivity index is 0.00000361. The van der Waals surface area contributed by atoms with Gasteiger partial charge >= 0.3 is 5.97 Å². The van der Waals surface area contributed by atoms with Crippen molar-refractivity contribution in [1.29, 1.82) is 0 Å². The molecule has 1 aromatic rings. The molecule has 0 heterocycles. The number of benzene rings is 1. The summed E-state index contributed by atoms with van der Waals surface area (Å²) in [6.45, 7) is 1.96. The number of esters is 1. The van der Waals surface area contributed by atoms with Gasteiger partial charge in [0, 0.05) is 5.69 Å². The highest BCUT2D eigenvalue weighted by atomic mass is 35.5. The van der Waals surface area contributed by atoms with E-state index < -0.39 is 5.97 Å². The number of anilines is 1. The first-order valence-corrected chi connectivity index (χ1v) is 5.81. The SMILES string of the molecule is CNCC(=O)Nc1ccc(OCC(=O)OC)cc1C.Cl. The van der Waals surface area contributed by atoms with Crippen molar-refractivity contribution in [3.63, 3.8) is 0 Å². The zero-order valence-electron chi connectivity index (χ0n) is 11.7. The highest BCUT2D eigenvalue weighted by Gasteiger charge is 2.06. The quantitative estimate of drug-likeness (QED) is 0.770. The lowest BCUT2D eigenvalue weighted by molar-refractivity contribution is -0.142. The predicted molar refractivity (Wildman–Crippen MR) is 78.5 cm³/mol. The topological polar surface area (TPSA) is 76.7 Å². The summed E-state index contributed by atoms with van der Waals surface area (Å²) in [6, 6.07) is 5.17. The van der Waals surface area contributed by atoms with Crippen molar-refractivity contribution in [2.75, 3.05) is 32.6 Å². The monoisotopic (exact) mass is 302 g/mol. The number of amides is 1.